The number of hydrogen-bond acceptors (Lipinski definition) is 3. The van der Waals surface area contributed by atoms with Crippen molar-refractivity contribution in [3.8, 4) is 11.5 Å². The lowest BCUT2D eigenvalue weighted by Gasteiger charge is -2.35. The molecule has 17 heavy (non-hydrogen) atoms. The summed E-state index contributed by atoms with van der Waals surface area (Å²) in [4.78, 5) is 0. The van der Waals surface area contributed by atoms with Crippen LogP contribution in [0.1, 0.15) is 37.7 Å². The number of hydrogen-bond donors (Lipinski definition) is 3. The van der Waals surface area contributed by atoms with E-state index in [2.05, 4.69) is 15.9 Å². The molecule has 0 saturated heterocycles. The Morgan fingerprint density at radius 3 is 2.41 bits per heavy atom. The first kappa shape index (κ1) is 12.6. The van der Waals surface area contributed by atoms with Gasteiger partial charge in [0.15, 0.2) is 11.5 Å². The minimum atomic E-state index is -0.758. The lowest BCUT2D eigenvalue weighted by Crippen LogP contribution is -2.39. The Hall–Kier alpha value is -0.810. The lowest BCUT2D eigenvalue weighted by molar-refractivity contribution is 0.288. The van der Waals surface area contributed by atoms with Gasteiger partial charge in [0.1, 0.15) is 5.82 Å². The van der Waals surface area contributed by atoms with E-state index in [1.807, 2.05) is 0 Å². The maximum Gasteiger partial charge on any atom is 0.172 e. The van der Waals surface area contributed by atoms with Crippen LogP contribution in [0.4, 0.5) is 4.39 Å². The Kier molecular flexibility index (Phi) is 3.32. The van der Waals surface area contributed by atoms with E-state index in [1.165, 1.54) is 0 Å². The normalized spacial score (nSPS) is 19.2. The van der Waals surface area contributed by atoms with Crippen molar-refractivity contribution in [1.82, 2.24) is 0 Å². The minimum Gasteiger partial charge on any atom is -0.504 e. The second-order valence-corrected chi connectivity index (χ2v) is 5.42. The average Bonchev–Trinajstić information content (AvgIpc) is 2.26. The highest BCUT2D eigenvalue weighted by molar-refractivity contribution is 9.10. The maximum atomic E-state index is 13.9. The van der Waals surface area contributed by atoms with Crippen molar-refractivity contribution in [3.05, 3.63) is 21.9 Å². The molecule has 1 aromatic carbocycles. The van der Waals surface area contributed by atoms with Crippen LogP contribution in [0.25, 0.3) is 0 Å². The van der Waals surface area contributed by atoms with Crippen LogP contribution in [0.15, 0.2) is 10.5 Å². The fraction of sp³-hybridized carbons (Fsp3) is 0.500. The molecular formula is C12H15BrFNO2. The van der Waals surface area contributed by atoms with E-state index < -0.39 is 17.1 Å². The zero-order valence-corrected chi connectivity index (χ0v) is 10.9. The summed E-state index contributed by atoms with van der Waals surface area (Å²) in [6, 6.07) is 0.915. The highest BCUT2D eigenvalue weighted by Gasteiger charge is 2.35. The number of halogens is 2. The molecule has 1 saturated carbocycles. The number of rotatable bonds is 1. The van der Waals surface area contributed by atoms with Crippen molar-refractivity contribution in [2.45, 2.75) is 37.6 Å². The smallest absolute Gasteiger partial charge is 0.172 e. The van der Waals surface area contributed by atoms with Crippen LogP contribution in [0.3, 0.4) is 0 Å². The Morgan fingerprint density at radius 1 is 1.24 bits per heavy atom. The zero-order valence-electron chi connectivity index (χ0n) is 9.34. The van der Waals surface area contributed by atoms with Crippen LogP contribution in [0.2, 0.25) is 0 Å². The molecule has 1 fully saturated rings. The lowest BCUT2D eigenvalue weighted by atomic mass is 9.77. The van der Waals surface area contributed by atoms with E-state index in [0.717, 1.165) is 25.3 Å². The monoisotopic (exact) mass is 303 g/mol. The van der Waals surface area contributed by atoms with Gasteiger partial charge < -0.3 is 15.9 Å². The van der Waals surface area contributed by atoms with Crippen molar-refractivity contribution in [2.75, 3.05) is 0 Å². The Morgan fingerprint density at radius 2 is 1.82 bits per heavy atom. The molecule has 0 radical (unpaired) electrons. The summed E-state index contributed by atoms with van der Waals surface area (Å²) in [7, 11) is 0. The van der Waals surface area contributed by atoms with E-state index >= 15 is 0 Å². The van der Waals surface area contributed by atoms with Gasteiger partial charge in [0.25, 0.3) is 0 Å². The zero-order chi connectivity index (χ0) is 12.6. The van der Waals surface area contributed by atoms with Gasteiger partial charge in [-0.05, 0) is 28.8 Å². The standard InChI is InChI=1S/C12H15BrFNO2/c13-10-9(7(14)6-8(16)11(10)17)12(15)4-2-1-3-5-12/h6,16-17H,1-5,15H2. The van der Waals surface area contributed by atoms with Gasteiger partial charge in [0, 0.05) is 17.2 Å². The molecule has 1 aliphatic rings. The van der Waals surface area contributed by atoms with Crippen molar-refractivity contribution >= 4 is 15.9 Å². The number of aromatic hydroxyl groups is 2. The van der Waals surface area contributed by atoms with Gasteiger partial charge in [0.2, 0.25) is 0 Å². The molecule has 0 aromatic heterocycles. The molecule has 94 valence electrons. The fourth-order valence-electron chi connectivity index (χ4n) is 2.49. The van der Waals surface area contributed by atoms with E-state index in [1.54, 1.807) is 0 Å². The molecule has 1 aliphatic carbocycles. The van der Waals surface area contributed by atoms with Crippen LogP contribution >= 0.6 is 15.9 Å². The molecule has 4 N–H and O–H groups in total. The number of nitrogens with two attached hydrogens (primary N) is 1. The van der Waals surface area contributed by atoms with Crippen molar-refractivity contribution < 1.29 is 14.6 Å². The summed E-state index contributed by atoms with van der Waals surface area (Å²) in [5, 5.41) is 19.0. The van der Waals surface area contributed by atoms with Crippen molar-refractivity contribution in [2.24, 2.45) is 5.73 Å². The molecular weight excluding hydrogens is 289 g/mol. The van der Waals surface area contributed by atoms with E-state index in [0.29, 0.717) is 12.8 Å². The first-order chi connectivity index (χ1) is 7.96. The van der Waals surface area contributed by atoms with Crippen LogP contribution in [0, 0.1) is 5.82 Å². The maximum absolute atomic E-state index is 13.9. The van der Waals surface area contributed by atoms with Gasteiger partial charge >= 0.3 is 0 Å². The second-order valence-electron chi connectivity index (χ2n) is 4.63. The van der Waals surface area contributed by atoms with Gasteiger partial charge in [-0.3, -0.25) is 0 Å². The number of benzene rings is 1. The predicted octanol–water partition coefficient (Wildman–Crippen LogP) is 3.12. The summed E-state index contributed by atoms with van der Waals surface area (Å²) in [6.07, 6.45) is 4.37. The molecule has 0 bridgehead atoms. The van der Waals surface area contributed by atoms with Gasteiger partial charge in [0.05, 0.1) is 4.47 Å². The van der Waals surface area contributed by atoms with Crippen LogP contribution in [0.5, 0.6) is 11.5 Å². The Balaban J connectivity index is 2.54. The quantitative estimate of drug-likeness (QED) is 0.698. The molecule has 0 unspecified atom stereocenters. The van der Waals surface area contributed by atoms with Gasteiger partial charge in [-0.2, -0.15) is 0 Å². The van der Waals surface area contributed by atoms with Crippen LogP contribution in [-0.4, -0.2) is 10.2 Å². The SMILES string of the molecule is NC1(c2c(F)cc(O)c(O)c2Br)CCCCC1. The summed E-state index contributed by atoms with van der Waals surface area (Å²) < 4.78 is 14.1. The number of phenols is 2. The van der Waals surface area contributed by atoms with Gasteiger partial charge in [-0.25, -0.2) is 4.39 Å². The highest BCUT2D eigenvalue weighted by Crippen LogP contribution is 2.45. The molecule has 2 rings (SSSR count). The van der Waals surface area contributed by atoms with E-state index in [9.17, 15) is 14.6 Å². The third-order valence-corrected chi connectivity index (χ3v) is 4.19. The number of phenolic OH excluding ortho intramolecular Hbond substituents is 2. The molecule has 0 atom stereocenters. The molecule has 5 heteroatoms. The summed E-state index contributed by atoms with van der Waals surface area (Å²) in [6.45, 7) is 0. The first-order valence-corrected chi connectivity index (χ1v) is 6.44. The first-order valence-electron chi connectivity index (χ1n) is 5.65. The average molecular weight is 304 g/mol. The van der Waals surface area contributed by atoms with Crippen molar-refractivity contribution in [3.63, 3.8) is 0 Å². The van der Waals surface area contributed by atoms with E-state index in [-0.39, 0.29) is 15.8 Å². The van der Waals surface area contributed by atoms with Crippen LogP contribution < -0.4 is 5.73 Å². The third-order valence-electron chi connectivity index (χ3n) is 3.42. The predicted molar refractivity (Wildman–Crippen MR) is 66.4 cm³/mol. The minimum absolute atomic E-state index is 0.166. The third kappa shape index (κ3) is 2.13. The highest BCUT2D eigenvalue weighted by atomic mass is 79.9. The second kappa shape index (κ2) is 4.46. The summed E-state index contributed by atoms with van der Waals surface area (Å²) in [5.41, 5.74) is 5.75. The summed E-state index contributed by atoms with van der Waals surface area (Å²) in [5.74, 6) is -1.40. The van der Waals surface area contributed by atoms with Crippen molar-refractivity contribution in [1.29, 1.82) is 0 Å². The Bertz CT molecular complexity index is 445. The molecule has 0 heterocycles. The Labute approximate surface area is 108 Å². The molecule has 1 aromatic rings. The molecule has 0 aliphatic heterocycles. The molecule has 0 amide bonds. The largest absolute Gasteiger partial charge is 0.504 e. The van der Waals surface area contributed by atoms with E-state index in [4.69, 9.17) is 5.73 Å². The van der Waals surface area contributed by atoms with Crippen LogP contribution in [-0.2, 0) is 5.54 Å². The summed E-state index contributed by atoms with van der Waals surface area (Å²) >= 11 is 3.12. The fourth-order valence-corrected chi connectivity index (χ4v) is 3.27. The molecule has 0 spiro atoms. The van der Waals surface area contributed by atoms with Gasteiger partial charge in [-0.1, -0.05) is 19.3 Å². The molecule has 3 nitrogen and oxygen atoms in total. The topological polar surface area (TPSA) is 66.5 Å². The van der Waals surface area contributed by atoms with Gasteiger partial charge in [-0.15, -0.1) is 0 Å².